The van der Waals surface area contributed by atoms with Crippen molar-refractivity contribution >= 4 is 5.91 Å². The van der Waals surface area contributed by atoms with Crippen molar-refractivity contribution in [3.8, 4) is 11.5 Å². The number of hydrogen-bond acceptors (Lipinski definition) is 4. The molecule has 1 heterocycles. The highest BCUT2D eigenvalue weighted by molar-refractivity contribution is 5.79. The summed E-state index contributed by atoms with van der Waals surface area (Å²) >= 11 is 0. The summed E-state index contributed by atoms with van der Waals surface area (Å²) in [4.78, 5) is 14.8. The van der Waals surface area contributed by atoms with Crippen molar-refractivity contribution in [2.24, 2.45) is 0 Å². The van der Waals surface area contributed by atoms with Crippen LogP contribution in [0.15, 0.2) is 48.5 Å². The van der Waals surface area contributed by atoms with E-state index >= 15 is 0 Å². The number of nitrogens with one attached hydrogen (secondary N) is 1. The maximum Gasteiger partial charge on any atom is 0.224 e. The molecule has 1 aliphatic heterocycles. The number of carbonyl (C=O) groups excluding carboxylic acids is 1. The molecule has 2 aromatic carbocycles. The Kier molecular flexibility index (Phi) is 6.71. The molecular weight excluding hydrogens is 340 g/mol. The molecule has 1 aliphatic rings. The third-order valence-electron chi connectivity index (χ3n) is 5.04. The Morgan fingerprint density at radius 1 is 1.07 bits per heavy atom. The lowest BCUT2D eigenvalue weighted by Crippen LogP contribution is -2.44. The summed E-state index contributed by atoms with van der Waals surface area (Å²) in [5.41, 5.74) is 2.18. The number of likely N-dealkylation sites (tertiary alicyclic amines) is 1. The van der Waals surface area contributed by atoms with E-state index in [9.17, 15) is 4.79 Å². The minimum absolute atomic E-state index is 0.0754. The average molecular weight is 368 g/mol. The zero-order chi connectivity index (χ0) is 19.1. The molecule has 2 aromatic rings. The Balaban J connectivity index is 1.45. The lowest BCUT2D eigenvalue weighted by Gasteiger charge is -2.32. The quantitative estimate of drug-likeness (QED) is 0.816. The van der Waals surface area contributed by atoms with Crippen molar-refractivity contribution in [3.05, 3.63) is 59.7 Å². The Hall–Kier alpha value is -2.53. The molecule has 1 saturated heterocycles. The summed E-state index contributed by atoms with van der Waals surface area (Å²) in [5.74, 6) is 1.79. The lowest BCUT2D eigenvalue weighted by atomic mass is 10.0. The van der Waals surface area contributed by atoms with Crippen LogP contribution >= 0.6 is 0 Å². The molecule has 27 heavy (non-hydrogen) atoms. The third-order valence-corrected chi connectivity index (χ3v) is 5.04. The molecule has 0 saturated carbocycles. The monoisotopic (exact) mass is 368 g/mol. The van der Waals surface area contributed by atoms with Gasteiger partial charge in [0.05, 0.1) is 20.6 Å². The standard InChI is InChI=1S/C22H28N2O3/c1-26-20-8-5-6-17(14-20)15-22(25)23-19-10-12-24(13-11-19)16-18-7-3-4-9-21(18)27-2/h3-9,14,19H,10-13,15-16H2,1-2H3,(H,23,25). The number of methoxy groups -OCH3 is 2. The first-order chi connectivity index (χ1) is 13.2. The molecule has 0 unspecified atom stereocenters. The van der Waals surface area contributed by atoms with Gasteiger partial charge in [-0.05, 0) is 36.6 Å². The highest BCUT2D eigenvalue weighted by atomic mass is 16.5. The number of rotatable bonds is 7. The van der Waals surface area contributed by atoms with Crippen LogP contribution in [0, 0.1) is 0 Å². The highest BCUT2D eigenvalue weighted by Crippen LogP contribution is 2.21. The van der Waals surface area contributed by atoms with E-state index in [0.717, 1.165) is 49.5 Å². The molecule has 0 radical (unpaired) electrons. The van der Waals surface area contributed by atoms with Gasteiger partial charge in [-0.3, -0.25) is 9.69 Å². The van der Waals surface area contributed by atoms with Crippen LogP contribution in [0.4, 0.5) is 0 Å². The molecule has 144 valence electrons. The van der Waals surface area contributed by atoms with Gasteiger partial charge in [0.15, 0.2) is 0 Å². The van der Waals surface area contributed by atoms with Crippen molar-refractivity contribution in [2.45, 2.75) is 31.8 Å². The van der Waals surface area contributed by atoms with Crippen LogP contribution in [0.1, 0.15) is 24.0 Å². The van der Waals surface area contributed by atoms with E-state index in [-0.39, 0.29) is 11.9 Å². The van der Waals surface area contributed by atoms with Crippen LogP contribution in [-0.4, -0.2) is 44.2 Å². The summed E-state index contributed by atoms with van der Waals surface area (Å²) in [7, 11) is 3.35. The first-order valence-corrected chi connectivity index (χ1v) is 9.44. The van der Waals surface area contributed by atoms with Crippen molar-refractivity contribution in [1.29, 1.82) is 0 Å². The van der Waals surface area contributed by atoms with Crippen LogP contribution in [0.2, 0.25) is 0 Å². The molecule has 0 bridgehead atoms. The van der Waals surface area contributed by atoms with Crippen LogP contribution in [0.5, 0.6) is 11.5 Å². The van der Waals surface area contributed by atoms with Gasteiger partial charge in [-0.25, -0.2) is 0 Å². The number of nitrogens with zero attached hydrogens (tertiary/aromatic N) is 1. The maximum atomic E-state index is 12.4. The van der Waals surface area contributed by atoms with Crippen LogP contribution in [0.3, 0.4) is 0 Å². The van der Waals surface area contributed by atoms with E-state index in [1.165, 1.54) is 5.56 Å². The predicted octanol–water partition coefficient (Wildman–Crippen LogP) is 3.03. The molecule has 1 fully saturated rings. The Morgan fingerprint density at radius 2 is 1.85 bits per heavy atom. The van der Waals surface area contributed by atoms with Gasteiger partial charge in [-0.2, -0.15) is 0 Å². The van der Waals surface area contributed by atoms with Gasteiger partial charge in [0.1, 0.15) is 11.5 Å². The fourth-order valence-corrected chi connectivity index (χ4v) is 3.56. The molecule has 1 N–H and O–H groups in total. The van der Waals surface area contributed by atoms with Crippen molar-refractivity contribution in [2.75, 3.05) is 27.3 Å². The summed E-state index contributed by atoms with van der Waals surface area (Å²) in [6, 6.07) is 16.1. The van der Waals surface area contributed by atoms with Gasteiger partial charge < -0.3 is 14.8 Å². The average Bonchev–Trinajstić information content (AvgIpc) is 2.70. The third kappa shape index (κ3) is 5.47. The van der Waals surface area contributed by atoms with Crippen molar-refractivity contribution in [3.63, 3.8) is 0 Å². The van der Waals surface area contributed by atoms with Gasteiger partial charge in [0, 0.05) is 31.2 Å². The predicted molar refractivity (Wildman–Crippen MR) is 106 cm³/mol. The number of amides is 1. The Morgan fingerprint density at radius 3 is 2.59 bits per heavy atom. The molecule has 0 aliphatic carbocycles. The highest BCUT2D eigenvalue weighted by Gasteiger charge is 2.21. The van der Waals surface area contributed by atoms with E-state index in [0.29, 0.717) is 6.42 Å². The minimum atomic E-state index is 0.0754. The Bertz CT molecular complexity index is 755. The zero-order valence-corrected chi connectivity index (χ0v) is 16.1. The summed E-state index contributed by atoms with van der Waals surface area (Å²) in [6.45, 7) is 2.83. The number of piperidine rings is 1. The van der Waals surface area contributed by atoms with Crippen LogP contribution in [-0.2, 0) is 17.8 Å². The number of ether oxygens (including phenoxy) is 2. The summed E-state index contributed by atoms with van der Waals surface area (Å²) < 4.78 is 10.7. The van der Waals surface area contributed by atoms with E-state index in [1.807, 2.05) is 42.5 Å². The number of carbonyl (C=O) groups is 1. The van der Waals surface area contributed by atoms with Crippen molar-refractivity contribution < 1.29 is 14.3 Å². The van der Waals surface area contributed by atoms with Crippen molar-refractivity contribution in [1.82, 2.24) is 10.2 Å². The molecule has 1 amide bonds. The van der Waals surface area contributed by atoms with Crippen LogP contribution < -0.4 is 14.8 Å². The second kappa shape index (κ2) is 9.42. The van der Waals surface area contributed by atoms with E-state index < -0.39 is 0 Å². The van der Waals surface area contributed by atoms with Gasteiger partial charge in [-0.15, -0.1) is 0 Å². The molecule has 0 spiro atoms. The van der Waals surface area contributed by atoms with E-state index in [4.69, 9.17) is 9.47 Å². The van der Waals surface area contributed by atoms with E-state index in [1.54, 1.807) is 14.2 Å². The number of para-hydroxylation sites is 1. The van der Waals surface area contributed by atoms with E-state index in [2.05, 4.69) is 16.3 Å². The normalized spacial score (nSPS) is 15.3. The molecule has 3 rings (SSSR count). The molecule has 5 nitrogen and oxygen atoms in total. The Labute approximate surface area is 161 Å². The second-order valence-corrected chi connectivity index (χ2v) is 6.96. The number of hydrogen-bond donors (Lipinski definition) is 1. The lowest BCUT2D eigenvalue weighted by molar-refractivity contribution is -0.121. The van der Waals surface area contributed by atoms with Gasteiger partial charge >= 0.3 is 0 Å². The second-order valence-electron chi connectivity index (χ2n) is 6.96. The fraction of sp³-hybridized carbons (Fsp3) is 0.409. The molecular formula is C22H28N2O3. The van der Waals surface area contributed by atoms with Gasteiger partial charge in [0.2, 0.25) is 5.91 Å². The first kappa shape index (κ1) is 19.2. The first-order valence-electron chi connectivity index (χ1n) is 9.44. The SMILES string of the molecule is COc1cccc(CC(=O)NC2CCN(Cc3ccccc3OC)CC2)c1. The topological polar surface area (TPSA) is 50.8 Å². The fourth-order valence-electron chi connectivity index (χ4n) is 3.56. The number of benzene rings is 2. The smallest absolute Gasteiger partial charge is 0.224 e. The zero-order valence-electron chi connectivity index (χ0n) is 16.1. The maximum absolute atomic E-state index is 12.4. The summed E-state index contributed by atoms with van der Waals surface area (Å²) in [6.07, 6.45) is 2.33. The molecule has 0 aromatic heterocycles. The summed E-state index contributed by atoms with van der Waals surface area (Å²) in [5, 5.41) is 3.18. The van der Waals surface area contributed by atoms with Crippen LogP contribution in [0.25, 0.3) is 0 Å². The van der Waals surface area contributed by atoms with Gasteiger partial charge in [0.25, 0.3) is 0 Å². The van der Waals surface area contributed by atoms with Gasteiger partial charge in [-0.1, -0.05) is 30.3 Å². The molecule has 0 atom stereocenters. The largest absolute Gasteiger partial charge is 0.497 e. The minimum Gasteiger partial charge on any atom is -0.497 e. The molecule has 5 heteroatoms.